The van der Waals surface area contributed by atoms with E-state index in [0.717, 1.165) is 5.56 Å². The molecule has 1 aromatic rings. The summed E-state index contributed by atoms with van der Waals surface area (Å²) < 4.78 is 0.642. The molecule has 0 atom stereocenters. The molecule has 5 heteroatoms. The molecular weight excluding hydrogens is 212 g/mol. The van der Waals surface area contributed by atoms with Crippen molar-refractivity contribution >= 4 is 21.6 Å². The average molecular weight is 217 g/mol. The van der Waals surface area contributed by atoms with Gasteiger partial charge in [0.15, 0.2) is 0 Å². The number of nitrogens with zero attached hydrogens (tertiary/aromatic N) is 2. The lowest BCUT2D eigenvalue weighted by Gasteiger charge is -1.94. The molecule has 0 spiro atoms. The van der Waals surface area contributed by atoms with Crippen molar-refractivity contribution < 1.29 is 4.92 Å². The van der Waals surface area contributed by atoms with E-state index in [0.29, 0.717) is 4.60 Å². The van der Waals surface area contributed by atoms with Crippen LogP contribution in [-0.2, 0) is 0 Å². The lowest BCUT2D eigenvalue weighted by Crippen LogP contribution is -1.90. The van der Waals surface area contributed by atoms with E-state index in [9.17, 15) is 10.1 Å². The number of nitro groups is 1. The Balaban J connectivity index is 3.15. The lowest BCUT2D eigenvalue weighted by molar-refractivity contribution is -0.385. The Morgan fingerprint density at radius 3 is 2.82 bits per heavy atom. The van der Waals surface area contributed by atoms with Gasteiger partial charge in [-0.25, -0.2) is 4.98 Å². The van der Waals surface area contributed by atoms with Gasteiger partial charge in [-0.15, -0.1) is 0 Å². The van der Waals surface area contributed by atoms with Crippen LogP contribution in [0.25, 0.3) is 0 Å². The Bertz CT molecular complexity index is 301. The summed E-state index contributed by atoms with van der Waals surface area (Å²) >= 11 is 3.14. The van der Waals surface area contributed by atoms with Crippen molar-refractivity contribution in [2.45, 2.75) is 6.92 Å². The van der Waals surface area contributed by atoms with Crippen LogP contribution in [0.1, 0.15) is 5.56 Å². The summed E-state index contributed by atoms with van der Waals surface area (Å²) in [6, 6.07) is 1.47. The van der Waals surface area contributed by atoms with Crippen molar-refractivity contribution in [3.63, 3.8) is 0 Å². The standard InChI is InChI=1S/C6H5BrN2O2/c1-4-2-5(9(10)11)3-8-6(4)7/h2-3H,1H3. The topological polar surface area (TPSA) is 56.0 Å². The van der Waals surface area contributed by atoms with Crippen molar-refractivity contribution in [2.24, 2.45) is 0 Å². The van der Waals surface area contributed by atoms with Crippen molar-refractivity contribution in [3.8, 4) is 0 Å². The number of aryl methyl sites for hydroxylation is 1. The fraction of sp³-hybridized carbons (Fsp3) is 0.167. The van der Waals surface area contributed by atoms with Crippen molar-refractivity contribution in [1.29, 1.82) is 0 Å². The summed E-state index contributed by atoms with van der Waals surface area (Å²) in [7, 11) is 0. The van der Waals surface area contributed by atoms with Crippen molar-refractivity contribution in [2.75, 3.05) is 0 Å². The number of hydrogen-bond donors (Lipinski definition) is 0. The van der Waals surface area contributed by atoms with E-state index in [-0.39, 0.29) is 5.69 Å². The molecule has 0 amide bonds. The quantitative estimate of drug-likeness (QED) is 0.411. The fourth-order valence-corrected chi connectivity index (χ4v) is 0.860. The molecule has 0 saturated carbocycles. The second-order valence-corrected chi connectivity index (χ2v) is 2.81. The Morgan fingerprint density at radius 2 is 2.36 bits per heavy atom. The molecule has 0 saturated heterocycles. The molecule has 11 heavy (non-hydrogen) atoms. The predicted molar refractivity (Wildman–Crippen MR) is 43.3 cm³/mol. The first kappa shape index (κ1) is 8.13. The van der Waals surface area contributed by atoms with Gasteiger partial charge in [0.25, 0.3) is 5.69 Å². The molecule has 0 radical (unpaired) electrons. The molecule has 1 heterocycles. The molecule has 0 aromatic carbocycles. The van der Waals surface area contributed by atoms with Gasteiger partial charge < -0.3 is 0 Å². The van der Waals surface area contributed by atoms with E-state index in [1.165, 1.54) is 12.3 Å². The number of pyridine rings is 1. The minimum Gasteiger partial charge on any atom is -0.258 e. The zero-order valence-corrected chi connectivity index (χ0v) is 7.33. The molecular formula is C6H5BrN2O2. The third-order valence-electron chi connectivity index (χ3n) is 1.21. The van der Waals surface area contributed by atoms with Crippen LogP contribution >= 0.6 is 15.9 Å². The lowest BCUT2D eigenvalue weighted by atomic mass is 10.3. The van der Waals surface area contributed by atoms with Crippen LogP contribution in [0.15, 0.2) is 16.9 Å². The predicted octanol–water partition coefficient (Wildman–Crippen LogP) is 2.06. The average Bonchev–Trinajstić information content (AvgIpc) is 1.94. The van der Waals surface area contributed by atoms with E-state index < -0.39 is 4.92 Å². The molecule has 0 fully saturated rings. The van der Waals surface area contributed by atoms with Gasteiger partial charge >= 0.3 is 0 Å². The molecule has 58 valence electrons. The van der Waals surface area contributed by atoms with E-state index in [1.54, 1.807) is 6.92 Å². The van der Waals surface area contributed by atoms with E-state index >= 15 is 0 Å². The summed E-state index contributed by atoms with van der Waals surface area (Å²) in [5, 5.41) is 10.2. The summed E-state index contributed by atoms with van der Waals surface area (Å²) in [6.07, 6.45) is 1.22. The molecule has 0 unspecified atom stereocenters. The van der Waals surface area contributed by atoms with Crippen molar-refractivity contribution in [3.05, 3.63) is 32.5 Å². The summed E-state index contributed by atoms with van der Waals surface area (Å²) in [5.41, 5.74) is 0.782. The van der Waals surface area contributed by atoms with E-state index in [2.05, 4.69) is 20.9 Å². The highest BCUT2D eigenvalue weighted by atomic mass is 79.9. The van der Waals surface area contributed by atoms with Gasteiger partial charge in [0.2, 0.25) is 0 Å². The Kier molecular flexibility index (Phi) is 2.19. The van der Waals surface area contributed by atoms with Crippen LogP contribution in [0.2, 0.25) is 0 Å². The highest BCUT2D eigenvalue weighted by Gasteiger charge is 2.06. The van der Waals surface area contributed by atoms with Gasteiger partial charge in [-0.1, -0.05) is 0 Å². The zero-order chi connectivity index (χ0) is 8.43. The minimum atomic E-state index is -0.466. The summed E-state index contributed by atoms with van der Waals surface area (Å²) in [5.74, 6) is 0. The maximum absolute atomic E-state index is 10.2. The highest BCUT2D eigenvalue weighted by molar-refractivity contribution is 9.10. The molecule has 1 rings (SSSR count). The van der Waals surface area contributed by atoms with Crippen LogP contribution in [-0.4, -0.2) is 9.91 Å². The maximum atomic E-state index is 10.2. The zero-order valence-electron chi connectivity index (χ0n) is 5.74. The van der Waals surface area contributed by atoms with Crippen LogP contribution in [0.5, 0.6) is 0 Å². The van der Waals surface area contributed by atoms with E-state index in [4.69, 9.17) is 0 Å². The molecule has 0 aliphatic heterocycles. The first-order valence-corrected chi connectivity index (χ1v) is 3.67. The smallest absolute Gasteiger partial charge is 0.258 e. The number of aromatic nitrogens is 1. The van der Waals surface area contributed by atoms with Gasteiger partial charge in [-0.2, -0.15) is 0 Å². The normalized spacial score (nSPS) is 9.64. The van der Waals surface area contributed by atoms with E-state index in [1.807, 2.05) is 0 Å². The fourth-order valence-electron chi connectivity index (χ4n) is 0.643. The SMILES string of the molecule is Cc1cc([N+](=O)[O-])cnc1Br. The Hall–Kier alpha value is -0.970. The first-order chi connectivity index (χ1) is 5.11. The molecule has 0 bridgehead atoms. The Labute approximate surface area is 71.5 Å². The minimum absolute atomic E-state index is 0.0192. The maximum Gasteiger partial charge on any atom is 0.287 e. The van der Waals surface area contributed by atoms with Crippen molar-refractivity contribution in [1.82, 2.24) is 4.98 Å². The first-order valence-electron chi connectivity index (χ1n) is 2.88. The molecule has 1 aromatic heterocycles. The third-order valence-corrected chi connectivity index (χ3v) is 2.04. The van der Waals surface area contributed by atoms with Gasteiger partial charge in [0, 0.05) is 6.07 Å². The second kappa shape index (κ2) is 2.96. The molecule has 4 nitrogen and oxygen atoms in total. The monoisotopic (exact) mass is 216 g/mol. The van der Waals surface area contributed by atoms with Gasteiger partial charge in [-0.05, 0) is 28.4 Å². The molecule has 0 N–H and O–H groups in total. The number of rotatable bonds is 1. The van der Waals surface area contributed by atoms with Crippen LogP contribution in [0.3, 0.4) is 0 Å². The summed E-state index contributed by atoms with van der Waals surface area (Å²) in [6.45, 7) is 1.75. The van der Waals surface area contributed by atoms with Gasteiger partial charge in [-0.3, -0.25) is 10.1 Å². The third kappa shape index (κ3) is 1.74. The molecule has 0 aliphatic rings. The highest BCUT2D eigenvalue weighted by Crippen LogP contribution is 2.17. The largest absolute Gasteiger partial charge is 0.287 e. The second-order valence-electron chi connectivity index (χ2n) is 2.06. The summed E-state index contributed by atoms with van der Waals surface area (Å²) in [4.78, 5) is 13.5. The van der Waals surface area contributed by atoms with Gasteiger partial charge in [0.05, 0.1) is 4.92 Å². The molecule has 0 aliphatic carbocycles. The van der Waals surface area contributed by atoms with Crippen LogP contribution < -0.4 is 0 Å². The number of halogens is 1. The van der Waals surface area contributed by atoms with Gasteiger partial charge in [0.1, 0.15) is 10.8 Å². The Morgan fingerprint density at radius 1 is 1.73 bits per heavy atom. The van der Waals surface area contributed by atoms with Crippen LogP contribution in [0, 0.1) is 17.0 Å². The van der Waals surface area contributed by atoms with Crippen LogP contribution in [0.4, 0.5) is 5.69 Å². The number of hydrogen-bond acceptors (Lipinski definition) is 3.